The van der Waals surface area contributed by atoms with Crippen LogP contribution in [0, 0.1) is 45.8 Å². The normalized spacial score (nSPS) is 52.8. The molecule has 0 spiro atoms. The highest BCUT2D eigenvalue weighted by Crippen LogP contribution is 2.74. The van der Waals surface area contributed by atoms with Gasteiger partial charge in [-0.2, -0.15) is 0 Å². The number of carbonyl (C=O) groups excluding carboxylic acids is 2. The second-order valence-corrected chi connectivity index (χ2v) is 11.7. The van der Waals surface area contributed by atoms with Crippen molar-refractivity contribution in [3.05, 3.63) is 11.6 Å². The van der Waals surface area contributed by atoms with Crippen molar-refractivity contribution in [2.24, 2.45) is 45.8 Å². The van der Waals surface area contributed by atoms with Gasteiger partial charge in [-0.3, -0.25) is 9.59 Å². The lowest BCUT2D eigenvalue weighted by molar-refractivity contribution is -0.149. The Hall–Kier alpha value is -0.920. The Labute approximate surface area is 170 Å². The molecule has 0 saturated heterocycles. The molecule has 28 heavy (non-hydrogen) atoms. The first-order valence-corrected chi connectivity index (χ1v) is 12.0. The maximum atomic E-state index is 13.2. The molecule has 2 heteroatoms. The highest BCUT2D eigenvalue weighted by Gasteiger charge is 2.69. The van der Waals surface area contributed by atoms with Crippen LogP contribution in [0.4, 0.5) is 0 Å². The second kappa shape index (κ2) is 6.05. The number of hydrogen-bond acceptors (Lipinski definition) is 2. The minimum Gasteiger partial charge on any atom is -0.299 e. The van der Waals surface area contributed by atoms with Crippen LogP contribution >= 0.6 is 0 Å². The molecule has 0 amide bonds. The number of fused-ring (bicyclic) bond motifs is 7. The maximum Gasteiger partial charge on any atom is 0.155 e. The van der Waals surface area contributed by atoms with Gasteiger partial charge in [0.1, 0.15) is 5.78 Å². The van der Waals surface area contributed by atoms with E-state index < -0.39 is 0 Å². The van der Waals surface area contributed by atoms with E-state index in [-0.39, 0.29) is 16.2 Å². The molecule has 0 aromatic rings. The zero-order valence-corrected chi connectivity index (χ0v) is 18.4. The number of hydrogen-bond donors (Lipinski definition) is 0. The Morgan fingerprint density at radius 1 is 1.04 bits per heavy atom. The van der Waals surface area contributed by atoms with Crippen molar-refractivity contribution >= 4 is 11.6 Å². The van der Waals surface area contributed by atoms with Crippen molar-refractivity contribution in [3.63, 3.8) is 0 Å². The number of ketones is 2. The molecule has 0 heterocycles. The lowest BCUT2D eigenvalue weighted by Crippen LogP contribution is -2.56. The zero-order chi connectivity index (χ0) is 19.9. The van der Waals surface area contributed by atoms with Crippen molar-refractivity contribution in [1.29, 1.82) is 0 Å². The Morgan fingerprint density at radius 3 is 2.57 bits per heavy atom. The van der Waals surface area contributed by atoms with Crippen LogP contribution in [-0.2, 0) is 9.59 Å². The molecule has 4 saturated carbocycles. The van der Waals surface area contributed by atoms with Gasteiger partial charge in [0.05, 0.1) is 0 Å². The third kappa shape index (κ3) is 2.16. The van der Waals surface area contributed by atoms with E-state index in [1.54, 1.807) is 0 Å². The Morgan fingerprint density at radius 2 is 1.82 bits per heavy atom. The first kappa shape index (κ1) is 19.1. The molecule has 5 unspecified atom stereocenters. The van der Waals surface area contributed by atoms with Gasteiger partial charge in [0.2, 0.25) is 0 Å². The van der Waals surface area contributed by atoms with E-state index in [4.69, 9.17) is 0 Å². The molecule has 5 rings (SSSR count). The smallest absolute Gasteiger partial charge is 0.155 e. The van der Waals surface area contributed by atoms with Crippen LogP contribution in [0.2, 0.25) is 0 Å². The van der Waals surface area contributed by atoms with Crippen LogP contribution in [-0.4, -0.2) is 11.6 Å². The van der Waals surface area contributed by atoms with E-state index in [2.05, 4.69) is 20.8 Å². The van der Waals surface area contributed by atoms with Crippen molar-refractivity contribution < 1.29 is 9.59 Å². The van der Waals surface area contributed by atoms with Crippen molar-refractivity contribution in [3.8, 4) is 0 Å². The lowest BCUT2D eigenvalue weighted by Gasteiger charge is -2.61. The van der Waals surface area contributed by atoms with Gasteiger partial charge in [-0.25, -0.2) is 0 Å². The summed E-state index contributed by atoms with van der Waals surface area (Å²) in [4.78, 5) is 25.3. The molecule has 5 aliphatic carbocycles. The van der Waals surface area contributed by atoms with Crippen molar-refractivity contribution in [2.45, 2.75) is 91.9 Å². The fourth-order valence-corrected chi connectivity index (χ4v) is 9.78. The van der Waals surface area contributed by atoms with E-state index >= 15 is 0 Å². The third-order valence-corrected chi connectivity index (χ3v) is 10.9. The van der Waals surface area contributed by atoms with Gasteiger partial charge in [0.25, 0.3) is 0 Å². The maximum absolute atomic E-state index is 13.2. The fraction of sp³-hybridized carbons (Fsp3) is 0.846. The minimum atomic E-state index is -0.0380. The quantitative estimate of drug-likeness (QED) is 0.546. The number of rotatable bonds is 1. The van der Waals surface area contributed by atoms with E-state index in [9.17, 15) is 9.59 Å². The highest BCUT2D eigenvalue weighted by molar-refractivity contribution is 5.91. The Kier molecular flexibility index (Phi) is 4.12. The van der Waals surface area contributed by atoms with Crippen LogP contribution < -0.4 is 0 Å². The summed E-state index contributed by atoms with van der Waals surface area (Å²) in [5.74, 6) is 4.16. The molecular weight excluding hydrogens is 344 g/mol. The lowest BCUT2D eigenvalue weighted by atomic mass is 9.43. The fourth-order valence-electron chi connectivity index (χ4n) is 9.78. The van der Waals surface area contributed by atoms with Crippen molar-refractivity contribution in [2.75, 3.05) is 0 Å². The van der Waals surface area contributed by atoms with Crippen LogP contribution in [0.3, 0.4) is 0 Å². The molecule has 0 aromatic heterocycles. The molecule has 0 radical (unpaired) electrons. The molecule has 0 aromatic carbocycles. The predicted molar refractivity (Wildman–Crippen MR) is 112 cm³/mol. The van der Waals surface area contributed by atoms with Gasteiger partial charge >= 0.3 is 0 Å². The molecule has 0 N–H and O–H groups in total. The minimum absolute atomic E-state index is 0.0380. The predicted octanol–water partition coefficient (Wildman–Crippen LogP) is 6.14. The first-order valence-electron chi connectivity index (χ1n) is 12.0. The van der Waals surface area contributed by atoms with Crippen molar-refractivity contribution in [1.82, 2.24) is 0 Å². The van der Waals surface area contributed by atoms with E-state index in [1.165, 1.54) is 50.5 Å². The van der Waals surface area contributed by atoms with Crippen LogP contribution in [0.5, 0.6) is 0 Å². The summed E-state index contributed by atoms with van der Waals surface area (Å²) in [6.07, 6.45) is 13.8. The molecule has 2 nitrogen and oxygen atoms in total. The molecular formula is C26H38O2. The highest BCUT2D eigenvalue weighted by atomic mass is 16.1. The number of allylic oxidation sites excluding steroid dienone is 1. The van der Waals surface area contributed by atoms with Gasteiger partial charge in [0, 0.05) is 11.8 Å². The summed E-state index contributed by atoms with van der Waals surface area (Å²) in [5.41, 5.74) is 1.84. The van der Waals surface area contributed by atoms with E-state index in [0.717, 1.165) is 25.2 Å². The van der Waals surface area contributed by atoms with Crippen LogP contribution in [0.15, 0.2) is 11.6 Å². The second-order valence-electron chi connectivity index (χ2n) is 11.7. The largest absolute Gasteiger partial charge is 0.299 e. The van der Waals surface area contributed by atoms with Crippen LogP contribution in [0.1, 0.15) is 91.9 Å². The summed E-state index contributed by atoms with van der Waals surface area (Å²) < 4.78 is 0. The Bertz CT molecular complexity index is 750. The van der Waals surface area contributed by atoms with Gasteiger partial charge in [-0.1, -0.05) is 39.2 Å². The topological polar surface area (TPSA) is 34.1 Å². The van der Waals surface area contributed by atoms with Crippen LogP contribution in [0.25, 0.3) is 0 Å². The standard InChI is InChI=1S/C26H38O2/c1-16-13-20-21(24(3)11-8-19(28)15-22(16)24)9-12-25(4)23(20)14-18-7-5-6-10-26(18,25)17(2)27/h15-16,18,20-21,23H,5-14H2,1-4H3/t16?,18?,20-,21?,23?,24-,25+,26?/m1/s1. The third-order valence-electron chi connectivity index (χ3n) is 10.9. The van der Waals surface area contributed by atoms with E-state index in [1.807, 2.05) is 13.0 Å². The van der Waals surface area contributed by atoms with E-state index in [0.29, 0.717) is 35.2 Å². The summed E-state index contributed by atoms with van der Waals surface area (Å²) in [5, 5.41) is 0. The first-order chi connectivity index (χ1) is 13.2. The van der Waals surface area contributed by atoms with Gasteiger partial charge < -0.3 is 0 Å². The summed E-state index contributed by atoms with van der Waals surface area (Å²) in [6.45, 7) is 9.28. The zero-order valence-electron chi connectivity index (χ0n) is 18.4. The average Bonchev–Trinajstić information content (AvgIpc) is 2.94. The Balaban J connectivity index is 1.57. The monoisotopic (exact) mass is 382 g/mol. The molecule has 8 atom stereocenters. The number of Topliss-reactive ketones (excluding diaryl/α,β-unsaturated/α-hetero) is 1. The SMILES string of the molecule is CC(=O)C12CCCCC1CC1[C@@H]3CC(C)C4=CC(=O)CC[C@]4(C)C3CC[C@@]12C. The summed E-state index contributed by atoms with van der Waals surface area (Å²) in [7, 11) is 0. The molecule has 154 valence electrons. The average molecular weight is 383 g/mol. The van der Waals surface area contributed by atoms with Gasteiger partial charge in [-0.05, 0) is 98.4 Å². The summed E-state index contributed by atoms with van der Waals surface area (Å²) >= 11 is 0. The molecule has 4 fully saturated rings. The summed E-state index contributed by atoms with van der Waals surface area (Å²) in [6, 6.07) is 0. The molecule has 0 bridgehead atoms. The number of carbonyl (C=O) groups is 2. The van der Waals surface area contributed by atoms with Gasteiger partial charge in [-0.15, -0.1) is 0 Å². The molecule has 0 aliphatic heterocycles. The van der Waals surface area contributed by atoms with Gasteiger partial charge in [0.15, 0.2) is 5.78 Å². The molecule has 5 aliphatic rings.